The molecular formula is C17H19NO4S2. The molecule has 1 amide bonds. The molecule has 1 aromatic rings. The van der Waals surface area contributed by atoms with Crippen LogP contribution in [0.3, 0.4) is 0 Å². The van der Waals surface area contributed by atoms with E-state index in [2.05, 4.69) is 0 Å². The number of rotatable bonds is 5. The molecule has 24 heavy (non-hydrogen) atoms. The van der Waals surface area contributed by atoms with Crippen molar-refractivity contribution in [3.05, 3.63) is 28.7 Å². The van der Waals surface area contributed by atoms with Gasteiger partial charge in [-0.15, -0.1) is 0 Å². The Morgan fingerprint density at radius 3 is 2.92 bits per heavy atom. The smallest absolute Gasteiger partial charge is 0.266 e. The number of hydrogen-bond donors (Lipinski definition) is 0. The van der Waals surface area contributed by atoms with Crippen LogP contribution in [0.15, 0.2) is 23.1 Å². The van der Waals surface area contributed by atoms with Crippen molar-refractivity contribution in [1.82, 2.24) is 4.90 Å². The van der Waals surface area contributed by atoms with E-state index in [4.69, 9.17) is 26.4 Å². The van der Waals surface area contributed by atoms with Gasteiger partial charge in [-0.3, -0.25) is 9.69 Å². The first kappa shape index (κ1) is 17.3. The highest BCUT2D eigenvalue weighted by Gasteiger charge is 2.34. The molecule has 1 aromatic carbocycles. The van der Waals surface area contributed by atoms with Crippen LogP contribution in [0.25, 0.3) is 6.08 Å². The number of para-hydroxylation sites is 1. The maximum Gasteiger partial charge on any atom is 0.266 e. The Kier molecular flexibility index (Phi) is 5.43. The fourth-order valence-corrected chi connectivity index (χ4v) is 4.08. The lowest BCUT2D eigenvalue weighted by Crippen LogP contribution is -2.35. The van der Waals surface area contributed by atoms with E-state index in [9.17, 15) is 4.79 Å². The summed E-state index contributed by atoms with van der Waals surface area (Å²) in [6, 6.07) is 5.56. The lowest BCUT2D eigenvalue weighted by atomic mass is 10.1. The SMILES string of the molecule is COc1cccc(/C=C2/SC(=S)N(C[C@@H]3CCCO3)C2=O)c1OC. The van der Waals surface area contributed by atoms with Crippen LogP contribution in [-0.4, -0.2) is 48.6 Å². The van der Waals surface area contributed by atoms with Crippen molar-refractivity contribution in [2.75, 3.05) is 27.4 Å². The second-order valence-corrected chi connectivity index (χ2v) is 7.19. The van der Waals surface area contributed by atoms with Crippen molar-refractivity contribution < 1.29 is 19.0 Å². The lowest BCUT2D eigenvalue weighted by molar-refractivity contribution is -0.123. The summed E-state index contributed by atoms with van der Waals surface area (Å²) in [4.78, 5) is 14.9. The van der Waals surface area contributed by atoms with Crippen LogP contribution in [0.2, 0.25) is 0 Å². The third-order valence-electron chi connectivity index (χ3n) is 4.00. The number of ether oxygens (including phenoxy) is 3. The minimum Gasteiger partial charge on any atom is -0.493 e. The van der Waals surface area contributed by atoms with Crippen LogP contribution in [0.4, 0.5) is 0 Å². The van der Waals surface area contributed by atoms with Crippen LogP contribution in [0.1, 0.15) is 18.4 Å². The standard InChI is InChI=1S/C17H19NO4S2/c1-20-13-7-3-5-11(15(13)21-2)9-14-16(19)18(17(23)24-14)10-12-6-4-8-22-12/h3,5,7,9,12H,4,6,8,10H2,1-2H3/b14-9+/t12-/m0/s1. The van der Waals surface area contributed by atoms with E-state index in [-0.39, 0.29) is 12.0 Å². The summed E-state index contributed by atoms with van der Waals surface area (Å²) in [7, 11) is 3.17. The van der Waals surface area contributed by atoms with Gasteiger partial charge in [0.2, 0.25) is 0 Å². The van der Waals surface area contributed by atoms with E-state index in [1.54, 1.807) is 25.2 Å². The summed E-state index contributed by atoms with van der Waals surface area (Å²) in [5.41, 5.74) is 0.787. The fourth-order valence-electron chi connectivity index (χ4n) is 2.82. The number of hydrogen-bond acceptors (Lipinski definition) is 6. The molecule has 7 heteroatoms. The van der Waals surface area contributed by atoms with Crippen LogP contribution >= 0.6 is 24.0 Å². The molecule has 0 radical (unpaired) electrons. The zero-order valence-corrected chi connectivity index (χ0v) is 15.2. The zero-order valence-electron chi connectivity index (χ0n) is 13.6. The molecular weight excluding hydrogens is 346 g/mol. The first-order chi connectivity index (χ1) is 11.6. The van der Waals surface area contributed by atoms with Crippen LogP contribution in [-0.2, 0) is 9.53 Å². The summed E-state index contributed by atoms with van der Waals surface area (Å²) < 4.78 is 16.9. The molecule has 128 valence electrons. The maximum absolute atomic E-state index is 12.7. The Hall–Kier alpha value is -1.57. The van der Waals surface area contributed by atoms with Gasteiger partial charge in [0.05, 0.1) is 31.8 Å². The number of nitrogens with zero attached hydrogens (tertiary/aromatic N) is 1. The summed E-state index contributed by atoms with van der Waals surface area (Å²) in [5.74, 6) is 1.15. The van der Waals surface area contributed by atoms with E-state index in [1.807, 2.05) is 18.2 Å². The molecule has 3 rings (SSSR count). The second-order valence-electron chi connectivity index (χ2n) is 5.51. The van der Waals surface area contributed by atoms with E-state index >= 15 is 0 Å². The van der Waals surface area contributed by atoms with Crippen molar-refractivity contribution in [3.8, 4) is 11.5 Å². The summed E-state index contributed by atoms with van der Waals surface area (Å²) in [6.45, 7) is 1.29. The number of carbonyl (C=O) groups is 1. The molecule has 0 aliphatic carbocycles. The molecule has 5 nitrogen and oxygen atoms in total. The molecule has 0 aromatic heterocycles. The van der Waals surface area contributed by atoms with Crippen molar-refractivity contribution in [2.24, 2.45) is 0 Å². The molecule has 2 fully saturated rings. The van der Waals surface area contributed by atoms with Gasteiger partial charge in [0.15, 0.2) is 11.5 Å². The largest absolute Gasteiger partial charge is 0.493 e. The Labute approximate surface area is 150 Å². The minimum absolute atomic E-state index is 0.0784. The number of thioether (sulfide) groups is 1. The normalized spacial score (nSPS) is 22.5. The van der Waals surface area contributed by atoms with Crippen molar-refractivity contribution in [2.45, 2.75) is 18.9 Å². The summed E-state index contributed by atoms with van der Waals surface area (Å²) in [6.07, 6.45) is 3.89. The van der Waals surface area contributed by atoms with Crippen LogP contribution < -0.4 is 9.47 Å². The van der Waals surface area contributed by atoms with Gasteiger partial charge < -0.3 is 14.2 Å². The molecule has 2 aliphatic rings. The first-order valence-electron chi connectivity index (χ1n) is 7.72. The van der Waals surface area contributed by atoms with Gasteiger partial charge in [-0.2, -0.15) is 0 Å². The van der Waals surface area contributed by atoms with Gasteiger partial charge in [-0.05, 0) is 25.0 Å². The fraction of sp³-hybridized carbons (Fsp3) is 0.412. The maximum atomic E-state index is 12.7. The van der Waals surface area contributed by atoms with Crippen LogP contribution in [0, 0.1) is 0 Å². The first-order valence-corrected chi connectivity index (χ1v) is 8.94. The average Bonchev–Trinajstić information content (AvgIpc) is 3.19. The minimum atomic E-state index is -0.0784. The Bertz CT molecular complexity index is 683. The Morgan fingerprint density at radius 1 is 1.42 bits per heavy atom. The molecule has 2 heterocycles. The van der Waals surface area contributed by atoms with E-state index in [0.29, 0.717) is 27.3 Å². The van der Waals surface area contributed by atoms with Crippen molar-refractivity contribution >= 4 is 40.3 Å². The number of thiocarbonyl (C=S) groups is 1. The van der Waals surface area contributed by atoms with Gasteiger partial charge in [-0.1, -0.05) is 36.1 Å². The highest BCUT2D eigenvalue weighted by Crippen LogP contribution is 2.37. The topological polar surface area (TPSA) is 48.0 Å². The molecule has 0 spiro atoms. The number of amides is 1. The molecule has 0 saturated carbocycles. The second kappa shape index (κ2) is 7.55. The zero-order chi connectivity index (χ0) is 17.1. The van der Waals surface area contributed by atoms with Crippen LogP contribution in [0.5, 0.6) is 11.5 Å². The van der Waals surface area contributed by atoms with Gasteiger partial charge in [-0.25, -0.2) is 0 Å². The molecule has 2 aliphatic heterocycles. The molecule has 0 bridgehead atoms. The highest BCUT2D eigenvalue weighted by atomic mass is 32.2. The monoisotopic (exact) mass is 365 g/mol. The Morgan fingerprint density at radius 2 is 2.25 bits per heavy atom. The van der Waals surface area contributed by atoms with Gasteiger partial charge >= 0.3 is 0 Å². The quantitative estimate of drug-likeness (QED) is 0.590. The highest BCUT2D eigenvalue weighted by molar-refractivity contribution is 8.26. The molecule has 0 N–H and O–H groups in total. The third-order valence-corrected chi connectivity index (χ3v) is 5.38. The van der Waals surface area contributed by atoms with E-state index < -0.39 is 0 Å². The van der Waals surface area contributed by atoms with Crippen molar-refractivity contribution in [3.63, 3.8) is 0 Å². The molecule has 0 unspecified atom stereocenters. The predicted molar refractivity (Wildman–Crippen MR) is 98.4 cm³/mol. The van der Waals surface area contributed by atoms with Gasteiger partial charge in [0.25, 0.3) is 5.91 Å². The summed E-state index contributed by atoms with van der Waals surface area (Å²) in [5, 5.41) is 0. The average molecular weight is 365 g/mol. The van der Waals surface area contributed by atoms with Gasteiger partial charge in [0, 0.05) is 12.2 Å². The summed E-state index contributed by atoms with van der Waals surface area (Å²) >= 11 is 6.68. The number of methoxy groups -OCH3 is 2. The number of benzene rings is 1. The van der Waals surface area contributed by atoms with E-state index in [1.165, 1.54) is 11.8 Å². The van der Waals surface area contributed by atoms with Crippen molar-refractivity contribution in [1.29, 1.82) is 0 Å². The predicted octanol–water partition coefficient (Wildman–Crippen LogP) is 3.08. The van der Waals surface area contributed by atoms with E-state index in [0.717, 1.165) is 25.0 Å². The molecule has 2 saturated heterocycles. The molecule has 1 atom stereocenters. The third kappa shape index (κ3) is 3.43. The van der Waals surface area contributed by atoms with Gasteiger partial charge in [0.1, 0.15) is 4.32 Å². The lowest BCUT2D eigenvalue weighted by Gasteiger charge is -2.18. The Balaban J connectivity index is 1.83. The number of carbonyl (C=O) groups excluding carboxylic acids is 1.